The highest BCUT2D eigenvalue weighted by molar-refractivity contribution is 5.42. The predicted octanol–water partition coefficient (Wildman–Crippen LogP) is 0.0904. The molecule has 0 aliphatic carbocycles. The Morgan fingerprint density at radius 1 is 1.19 bits per heavy atom. The zero-order valence-corrected chi connectivity index (χ0v) is 9.25. The molecule has 0 spiro atoms. The van der Waals surface area contributed by atoms with E-state index in [9.17, 15) is 10.2 Å². The number of rotatable bonds is 5. The number of ether oxygens (including phenoxy) is 2. The summed E-state index contributed by atoms with van der Waals surface area (Å²) in [7, 11) is 2.96. The van der Waals surface area contributed by atoms with Crippen molar-refractivity contribution in [3.63, 3.8) is 0 Å². The van der Waals surface area contributed by atoms with Crippen LogP contribution in [0.2, 0.25) is 0 Å². The van der Waals surface area contributed by atoms with Gasteiger partial charge in [0.25, 0.3) is 0 Å². The fourth-order valence-corrected chi connectivity index (χ4v) is 1.38. The van der Waals surface area contributed by atoms with Gasteiger partial charge in [0, 0.05) is 5.56 Å². The summed E-state index contributed by atoms with van der Waals surface area (Å²) in [6.45, 7) is -0.526. The molecule has 0 aromatic heterocycles. The molecule has 5 nitrogen and oxygen atoms in total. The summed E-state index contributed by atoms with van der Waals surface area (Å²) < 4.78 is 10.1. The predicted molar refractivity (Wildman–Crippen MR) is 57.6 cm³/mol. The molecule has 0 bridgehead atoms. The lowest BCUT2D eigenvalue weighted by Crippen LogP contribution is -2.22. The van der Waals surface area contributed by atoms with Crippen LogP contribution in [0.5, 0.6) is 11.5 Å². The van der Waals surface area contributed by atoms with E-state index in [0.29, 0.717) is 17.1 Å². The van der Waals surface area contributed by atoms with E-state index in [1.807, 2.05) is 0 Å². The summed E-state index contributed by atoms with van der Waals surface area (Å²) in [5.41, 5.74) is 0.378. The van der Waals surface area contributed by atoms with Crippen molar-refractivity contribution >= 4 is 0 Å². The van der Waals surface area contributed by atoms with Gasteiger partial charge in [0.05, 0.1) is 20.8 Å². The SMILES string of the molecule is COc1ccc(OC)c(C(O)C(O)CO)c1. The molecule has 3 N–H and O–H groups in total. The van der Waals surface area contributed by atoms with Crippen molar-refractivity contribution in [2.45, 2.75) is 12.2 Å². The van der Waals surface area contributed by atoms with Crippen LogP contribution in [-0.4, -0.2) is 42.3 Å². The van der Waals surface area contributed by atoms with Gasteiger partial charge in [-0.3, -0.25) is 0 Å². The molecule has 0 amide bonds. The standard InChI is InChI=1S/C11H16O5/c1-15-7-3-4-10(16-2)8(5-7)11(14)9(13)6-12/h3-5,9,11-14H,6H2,1-2H3. The smallest absolute Gasteiger partial charge is 0.125 e. The molecule has 5 heteroatoms. The van der Waals surface area contributed by atoms with E-state index >= 15 is 0 Å². The lowest BCUT2D eigenvalue weighted by molar-refractivity contribution is -0.0163. The highest BCUT2D eigenvalue weighted by Gasteiger charge is 2.21. The molecule has 16 heavy (non-hydrogen) atoms. The third-order valence-electron chi connectivity index (χ3n) is 2.31. The van der Waals surface area contributed by atoms with Crippen LogP contribution in [0.4, 0.5) is 0 Å². The number of hydrogen-bond acceptors (Lipinski definition) is 5. The van der Waals surface area contributed by atoms with E-state index in [1.54, 1.807) is 18.2 Å². The molecule has 1 aromatic carbocycles. The van der Waals surface area contributed by atoms with Crippen molar-refractivity contribution in [3.8, 4) is 11.5 Å². The molecule has 0 heterocycles. The molecule has 0 aliphatic rings. The molecule has 0 saturated carbocycles. The van der Waals surface area contributed by atoms with Gasteiger partial charge in [-0.05, 0) is 18.2 Å². The lowest BCUT2D eigenvalue weighted by Gasteiger charge is -2.19. The summed E-state index contributed by atoms with van der Waals surface area (Å²) >= 11 is 0. The molecule has 0 fully saturated rings. The van der Waals surface area contributed by atoms with Crippen LogP contribution in [0.1, 0.15) is 11.7 Å². The maximum atomic E-state index is 9.78. The Hall–Kier alpha value is -1.30. The van der Waals surface area contributed by atoms with Crippen LogP contribution >= 0.6 is 0 Å². The minimum Gasteiger partial charge on any atom is -0.497 e. The monoisotopic (exact) mass is 228 g/mol. The largest absolute Gasteiger partial charge is 0.497 e. The first-order valence-electron chi connectivity index (χ1n) is 4.83. The Balaban J connectivity index is 3.07. The van der Waals surface area contributed by atoms with Crippen molar-refractivity contribution in [2.75, 3.05) is 20.8 Å². The minimum absolute atomic E-state index is 0.378. The van der Waals surface area contributed by atoms with E-state index < -0.39 is 18.8 Å². The number of aliphatic hydroxyl groups excluding tert-OH is 3. The van der Waals surface area contributed by atoms with Crippen molar-refractivity contribution in [3.05, 3.63) is 23.8 Å². The molecule has 1 aromatic rings. The summed E-state index contributed by atoms with van der Waals surface area (Å²) in [4.78, 5) is 0. The van der Waals surface area contributed by atoms with Crippen molar-refractivity contribution in [2.24, 2.45) is 0 Å². The van der Waals surface area contributed by atoms with Gasteiger partial charge >= 0.3 is 0 Å². The maximum absolute atomic E-state index is 9.78. The summed E-state index contributed by atoms with van der Waals surface area (Å²) in [6, 6.07) is 4.87. The van der Waals surface area contributed by atoms with E-state index in [0.717, 1.165) is 0 Å². The van der Waals surface area contributed by atoms with Crippen LogP contribution in [-0.2, 0) is 0 Å². The third-order valence-corrected chi connectivity index (χ3v) is 2.31. The van der Waals surface area contributed by atoms with Crippen molar-refractivity contribution in [1.29, 1.82) is 0 Å². The average Bonchev–Trinajstić information content (AvgIpc) is 2.35. The maximum Gasteiger partial charge on any atom is 0.125 e. The Kier molecular flexibility index (Phi) is 4.54. The van der Waals surface area contributed by atoms with Gasteiger partial charge in [-0.15, -0.1) is 0 Å². The Morgan fingerprint density at radius 2 is 1.88 bits per heavy atom. The second kappa shape index (κ2) is 5.69. The molecule has 2 unspecified atom stereocenters. The van der Waals surface area contributed by atoms with Crippen molar-refractivity contribution < 1.29 is 24.8 Å². The van der Waals surface area contributed by atoms with E-state index in [2.05, 4.69) is 0 Å². The summed E-state index contributed by atoms with van der Waals surface area (Å²) in [5, 5.41) is 27.9. The lowest BCUT2D eigenvalue weighted by atomic mass is 10.0. The quantitative estimate of drug-likeness (QED) is 0.665. The Bertz CT molecular complexity index is 339. The number of aliphatic hydroxyl groups is 3. The molecule has 0 saturated heterocycles. The zero-order chi connectivity index (χ0) is 12.1. The molecule has 90 valence electrons. The number of benzene rings is 1. The number of hydrogen-bond donors (Lipinski definition) is 3. The zero-order valence-electron chi connectivity index (χ0n) is 9.25. The summed E-state index contributed by atoms with van der Waals surface area (Å²) in [6.07, 6.45) is -2.46. The van der Waals surface area contributed by atoms with Gasteiger partial charge in [0.2, 0.25) is 0 Å². The van der Waals surface area contributed by atoms with E-state index in [1.165, 1.54) is 14.2 Å². The van der Waals surface area contributed by atoms with Crippen LogP contribution < -0.4 is 9.47 Å². The first-order chi connectivity index (χ1) is 7.63. The van der Waals surface area contributed by atoms with Gasteiger partial charge in [0.15, 0.2) is 0 Å². The van der Waals surface area contributed by atoms with Gasteiger partial charge in [0.1, 0.15) is 23.7 Å². The second-order valence-corrected chi connectivity index (χ2v) is 3.30. The molecule has 1 rings (SSSR count). The van der Waals surface area contributed by atoms with Crippen LogP contribution in [0.25, 0.3) is 0 Å². The van der Waals surface area contributed by atoms with Gasteiger partial charge in [-0.1, -0.05) is 0 Å². The molecule has 0 aliphatic heterocycles. The average molecular weight is 228 g/mol. The topological polar surface area (TPSA) is 79.2 Å². The van der Waals surface area contributed by atoms with Gasteiger partial charge in [-0.25, -0.2) is 0 Å². The minimum atomic E-state index is -1.25. The second-order valence-electron chi connectivity index (χ2n) is 3.30. The Labute approximate surface area is 93.9 Å². The fourth-order valence-electron chi connectivity index (χ4n) is 1.38. The van der Waals surface area contributed by atoms with E-state index in [-0.39, 0.29) is 0 Å². The molecule has 2 atom stereocenters. The fraction of sp³-hybridized carbons (Fsp3) is 0.455. The summed E-state index contributed by atoms with van der Waals surface area (Å²) in [5.74, 6) is 0.973. The molecule has 0 radical (unpaired) electrons. The van der Waals surface area contributed by atoms with Crippen molar-refractivity contribution in [1.82, 2.24) is 0 Å². The molecular weight excluding hydrogens is 212 g/mol. The number of methoxy groups -OCH3 is 2. The highest BCUT2D eigenvalue weighted by Crippen LogP contribution is 2.30. The van der Waals surface area contributed by atoms with E-state index in [4.69, 9.17) is 14.6 Å². The van der Waals surface area contributed by atoms with Crippen LogP contribution in [0.15, 0.2) is 18.2 Å². The van der Waals surface area contributed by atoms with Gasteiger partial charge in [-0.2, -0.15) is 0 Å². The first-order valence-corrected chi connectivity index (χ1v) is 4.83. The third kappa shape index (κ3) is 2.63. The van der Waals surface area contributed by atoms with Gasteiger partial charge < -0.3 is 24.8 Å². The molecular formula is C11H16O5. The van der Waals surface area contributed by atoms with Crippen LogP contribution in [0.3, 0.4) is 0 Å². The Morgan fingerprint density at radius 3 is 2.38 bits per heavy atom. The highest BCUT2D eigenvalue weighted by atomic mass is 16.5. The van der Waals surface area contributed by atoms with Crippen LogP contribution in [0, 0.1) is 0 Å². The normalized spacial score (nSPS) is 14.3. The first kappa shape index (κ1) is 12.8.